The van der Waals surface area contributed by atoms with Crippen LogP contribution in [0.25, 0.3) is 0 Å². The van der Waals surface area contributed by atoms with Crippen molar-refractivity contribution < 1.29 is 0 Å². The van der Waals surface area contributed by atoms with Crippen molar-refractivity contribution in [3.63, 3.8) is 0 Å². The number of unbranched alkanes of at least 4 members (excludes halogenated alkanes) is 1. The lowest BCUT2D eigenvalue weighted by Gasteiger charge is -1.86. The zero-order chi connectivity index (χ0) is 8.53. The Hall–Kier alpha value is -1.03. The molecule has 0 rings (SSSR count). The molecule has 0 saturated heterocycles. The fourth-order valence-electron chi connectivity index (χ4n) is 0.726. The second-order valence-electron chi connectivity index (χ2n) is 2.46. The predicted octanol–water partition coefficient (Wildman–Crippen LogP) is 3.20. The molecule has 0 aromatic carbocycles. The number of hydrogen-bond acceptors (Lipinski definition) is 1. The molecule has 0 aromatic rings. The van der Waals surface area contributed by atoms with Gasteiger partial charge in [0.1, 0.15) is 0 Å². The van der Waals surface area contributed by atoms with Gasteiger partial charge in [0.15, 0.2) is 0 Å². The summed E-state index contributed by atoms with van der Waals surface area (Å²) < 4.78 is 0. The van der Waals surface area contributed by atoms with E-state index >= 15 is 0 Å². The van der Waals surface area contributed by atoms with Gasteiger partial charge >= 0.3 is 0 Å². The Balaban J connectivity index is 3.43. The second-order valence-corrected chi connectivity index (χ2v) is 2.46. The van der Waals surface area contributed by atoms with Crippen molar-refractivity contribution in [1.82, 2.24) is 0 Å². The molecule has 0 heterocycles. The summed E-state index contributed by atoms with van der Waals surface area (Å²) in [4.78, 5) is 0. The normalized spacial score (nSPS) is 11.9. The molecule has 0 amide bonds. The molecule has 0 N–H and O–H groups in total. The number of hydrogen-bond donors (Lipinski definition) is 0. The fourth-order valence-corrected chi connectivity index (χ4v) is 0.726. The molecule has 0 aromatic heterocycles. The van der Waals surface area contributed by atoms with E-state index in [9.17, 15) is 0 Å². The summed E-state index contributed by atoms with van der Waals surface area (Å²) in [6, 6.07) is 2.09. The summed E-state index contributed by atoms with van der Waals surface area (Å²) in [7, 11) is 0. The van der Waals surface area contributed by atoms with Crippen molar-refractivity contribution in [2.75, 3.05) is 0 Å². The minimum absolute atomic E-state index is 0.815. The molecule has 0 saturated carbocycles. The van der Waals surface area contributed by atoms with Crippen molar-refractivity contribution in [3.8, 4) is 6.07 Å². The SMILES string of the molecule is CCC=CCCC=C(C)C#N. The van der Waals surface area contributed by atoms with Crippen LogP contribution >= 0.6 is 0 Å². The largest absolute Gasteiger partial charge is 0.193 e. The maximum absolute atomic E-state index is 8.40. The van der Waals surface area contributed by atoms with E-state index in [0.29, 0.717) is 0 Å². The zero-order valence-electron chi connectivity index (χ0n) is 7.30. The number of rotatable bonds is 4. The van der Waals surface area contributed by atoms with Gasteiger partial charge in [0.2, 0.25) is 0 Å². The lowest BCUT2D eigenvalue weighted by atomic mass is 10.2. The van der Waals surface area contributed by atoms with Crippen LogP contribution in [0.2, 0.25) is 0 Å². The fraction of sp³-hybridized carbons (Fsp3) is 0.500. The van der Waals surface area contributed by atoms with Crippen LogP contribution in [0.15, 0.2) is 23.8 Å². The van der Waals surface area contributed by atoms with Crippen LogP contribution in [-0.4, -0.2) is 0 Å². The van der Waals surface area contributed by atoms with Gasteiger partial charge < -0.3 is 0 Å². The van der Waals surface area contributed by atoms with Crippen LogP contribution in [0.4, 0.5) is 0 Å². The van der Waals surface area contributed by atoms with Gasteiger partial charge in [-0.2, -0.15) is 5.26 Å². The number of nitriles is 1. The third-order valence-electron chi connectivity index (χ3n) is 1.36. The van der Waals surface area contributed by atoms with Crippen LogP contribution in [-0.2, 0) is 0 Å². The molecule has 60 valence electrons. The van der Waals surface area contributed by atoms with E-state index in [0.717, 1.165) is 24.8 Å². The molecule has 1 nitrogen and oxygen atoms in total. The molecule has 11 heavy (non-hydrogen) atoms. The maximum Gasteiger partial charge on any atom is 0.0940 e. The average molecular weight is 149 g/mol. The molecule has 0 bridgehead atoms. The number of allylic oxidation sites excluding steroid dienone is 4. The van der Waals surface area contributed by atoms with Gasteiger partial charge in [-0.05, 0) is 26.2 Å². The molecule has 0 fully saturated rings. The molecular weight excluding hydrogens is 134 g/mol. The molecule has 0 unspecified atom stereocenters. The van der Waals surface area contributed by atoms with E-state index in [-0.39, 0.29) is 0 Å². The second kappa shape index (κ2) is 7.08. The monoisotopic (exact) mass is 149 g/mol. The predicted molar refractivity (Wildman–Crippen MR) is 48.0 cm³/mol. The van der Waals surface area contributed by atoms with Crippen LogP contribution in [0.3, 0.4) is 0 Å². The first-order chi connectivity index (χ1) is 5.31. The van der Waals surface area contributed by atoms with Gasteiger partial charge in [-0.15, -0.1) is 0 Å². The van der Waals surface area contributed by atoms with E-state index in [1.54, 1.807) is 0 Å². The van der Waals surface area contributed by atoms with Crippen molar-refractivity contribution in [2.45, 2.75) is 33.1 Å². The van der Waals surface area contributed by atoms with Gasteiger partial charge in [-0.25, -0.2) is 0 Å². The molecular formula is C10H15N. The highest BCUT2D eigenvalue weighted by molar-refractivity contribution is 5.17. The van der Waals surface area contributed by atoms with Crippen LogP contribution in [0.5, 0.6) is 0 Å². The summed E-state index contributed by atoms with van der Waals surface area (Å²) in [5.41, 5.74) is 0.815. The molecule has 0 radical (unpaired) electrons. The summed E-state index contributed by atoms with van der Waals surface area (Å²) in [5, 5.41) is 8.40. The topological polar surface area (TPSA) is 23.8 Å². The van der Waals surface area contributed by atoms with E-state index in [2.05, 4.69) is 25.1 Å². The molecule has 0 aliphatic carbocycles. The minimum atomic E-state index is 0.815. The third kappa shape index (κ3) is 6.86. The van der Waals surface area contributed by atoms with E-state index in [1.165, 1.54) is 0 Å². The third-order valence-corrected chi connectivity index (χ3v) is 1.36. The van der Waals surface area contributed by atoms with E-state index in [1.807, 2.05) is 13.0 Å². The highest BCUT2D eigenvalue weighted by atomic mass is 14.2. The first-order valence-electron chi connectivity index (χ1n) is 4.03. The highest BCUT2D eigenvalue weighted by Crippen LogP contribution is 1.98. The van der Waals surface area contributed by atoms with Crippen molar-refractivity contribution in [1.29, 1.82) is 5.26 Å². The molecule has 0 atom stereocenters. The van der Waals surface area contributed by atoms with Crippen LogP contribution in [0.1, 0.15) is 33.1 Å². The zero-order valence-corrected chi connectivity index (χ0v) is 7.30. The first-order valence-corrected chi connectivity index (χ1v) is 4.03. The first kappa shape index (κ1) is 9.97. The Kier molecular flexibility index (Phi) is 6.42. The Bertz CT molecular complexity index is 182. The molecule has 0 aliphatic heterocycles. The standard InChI is InChI=1S/C10H15N/c1-3-4-5-6-7-8-10(2)9-11/h4-5,8H,3,6-7H2,1-2H3. The Labute approximate surface area is 69.0 Å². The lowest BCUT2D eigenvalue weighted by molar-refractivity contribution is 1.03. The van der Waals surface area contributed by atoms with Gasteiger partial charge in [-0.3, -0.25) is 0 Å². The van der Waals surface area contributed by atoms with Gasteiger partial charge in [-0.1, -0.05) is 25.2 Å². The van der Waals surface area contributed by atoms with Crippen molar-refractivity contribution in [3.05, 3.63) is 23.8 Å². The summed E-state index contributed by atoms with van der Waals surface area (Å²) in [6.07, 6.45) is 9.40. The van der Waals surface area contributed by atoms with E-state index in [4.69, 9.17) is 5.26 Å². The van der Waals surface area contributed by atoms with Gasteiger partial charge in [0.05, 0.1) is 6.07 Å². The van der Waals surface area contributed by atoms with Crippen molar-refractivity contribution >= 4 is 0 Å². The number of nitrogens with zero attached hydrogens (tertiary/aromatic N) is 1. The average Bonchev–Trinajstić information content (AvgIpc) is 2.04. The van der Waals surface area contributed by atoms with Gasteiger partial charge in [0.25, 0.3) is 0 Å². The Morgan fingerprint density at radius 3 is 2.64 bits per heavy atom. The smallest absolute Gasteiger partial charge is 0.0940 e. The van der Waals surface area contributed by atoms with Crippen LogP contribution < -0.4 is 0 Å². The highest BCUT2D eigenvalue weighted by Gasteiger charge is 1.81. The van der Waals surface area contributed by atoms with Crippen molar-refractivity contribution in [2.24, 2.45) is 0 Å². The van der Waals surface area contributed by atoms with Gasteiger partial charge in [0, 0.05) is 5.57 Å². The lowest BCUT2D eigenvalue weighted by Crippen LogP contribution is -1.69. The Morgan fingerprint density at radius 2 is 2.09 bits per heavy atom. The summed E-state index contributed by atoms with van der Waals surface area (Å²) >= 11 is 0. The van der Waals surface area contributed by atoms with E-state index < -0.39 is 0 Å². The Morgan fingerprint density at radius 1 is 1.36 bits per heavy atom. The summed E-state index contributed by atoms with van der Waals surface area (Å²) in [5.74, 6) is 0. The molecule has 1 heteroatoms. The minimum Gasteiger partial charge on any atom is -0.193 e. The van der Waals surface area contributed by atoms with Crippen LogP contribution in [0, 0.1) is 11.3 Å². The molecule has 0 aliphatic rings. The quantitative estimate of drug-likeness (QED) is 0.342. The maximum atomic E-state index is 8.40. The molecule has 0 spiro atoms. The summed E-state index contributed by atoms with van der Waals surface area (Å²) in [6.45, 7) is 3.95.